The van der Waals surface area contributed by atoms with Crippen LogP contribution in [0.3, 0.4) is 0 Å². The maximum atomic E-state index is 12.5. The first-order valence-corrected chi connectivity index (χ1v) is 9.82. The summed E-state index contributed by atoms with van der Waals surface area (Å²) in [4.78, 5) is 14.9. The minimum Gasteiger partial charge on any atom is -0.451 e. The number of nitrogens with zero attached hydrogens (tertiary/aromatic N) is 1. The third-order valence-corrected chi connectivity index (χ3v) is 5.25. The zero-order valence-corrected chi connectivity index (χ0v) is 16.5. The minimum absolute atomic E-state index is 0.205. The Hall–Kier alpha value is -2.15. The van der Waals surface area contributed by atoms with E-state index in [1.54, 1.807) is 6.07 Å². The fourth-order valence-corrected chi connectivity index (χ4v) is 3.65. The van der Waals surface area contributed by atoms with Crippen molar-refractivity contribution in [1.82, 2.24) is 10.2 Å². The summed E-state index contributed by atoms with van der Waals surface area (Å²) >= 11 is 3.43. The Bertz CT molecular complexity index is 948. The van der Waals surface area contributed by atoms with Crippen LogP contribution in [-0.2, 0) is 17.8 Å². The second-order valence-corrected chi connectivity index (χ2v) is 7.55. The third kappa shape index (κ3) is 4.40. The van der Waals surface area contributed by atoms with E-state index < -0.39 is 0 Å². The van der Waals surface area contributed by atoms with Crippen LogP contribution in [-0.4, -0.2) is 37.1 Å². The zero-order valence-electron chi connectivity index (χ0n) is 14.9. The summed E-state index contributed by atoms with van der Waals surface area (Å²) in [5, 5.41) is 3.89. The number of morpholine rings is 1. The van der Waals surface area contributed by atoms with Gasteiger partial charge in [-0.15, -0.1) is 0 Å². The number of fused-ring (bicyclic) bond motifs is 1. The van der Waals surface area contributed by atoms with Crippen LogP contribution < -0.4 is 5.32 Å². The highest BCUT2D eigenvalue weighted by molar-refractivity contribution is 9.10. The van der Waals surface area contributed by atoms with E-state index in [2.05, 4.69) is 38.3 Å². The molecule has 1 N–H and O–H groups in total. The van der Waals surface area contributed by atoms with Gasteiger partial charge in [-0.2, -0.15) is 0 Å². The highest BCUT2D eigenvalue weighted by Gasteiger charge is 2.15. The fraction of sp³-hybridized carbons (Fsp3) is 0.286. The SMILES string of the molecule is O=C(NCc1ccccc1CN1CCOCC1)c1cc2cc(Br)ccc2o1. The van der Waals surface area contributed by atoms with Crippen molar-refractivity contribution in [3.05, 3.63) is 69.9 Å². The molecule has 2 heterocycles. The topological polar surface area (TPSA) is 54.7 Å². The Labute approximate surface area is 166 Å². The van der Waals surface area contributed by atoms with Crippen LogP contribution in [0.2, 0.25) is 0 Å². The lowest BCUT2D eigenvalue weighted by Crippen LogP contribution is -2.36. The van der Waals surface area contributed by atoms with E-state index >= 15 is 0 Å². The Morgan fingerprint density at radius 2 is 1.85 bits per heavy atom. The largest absolute Gasteiger partial charge is 0.451 e. The van der Waals surface area contributed by atoms with Gasteiger partial charge in [-0.05, 0) is 35.4 Å². The molecule has 140 valence electrons. The molecule has 1 amide bonds. The van der Waals surface area contributed by atoms with Crippen LogP contribution in [0, 0.1) is 0 Å². The van der Waals surface area contributed by atoms with Gasteiger partial charge in [-0.25, -0.2) is 0 Å². The van der Waals surface area contributed by atoms with E-state index in [1.165, 1.54) is 5.56 Å². The molecule has 27 heavy (non-hydrogen) atoms. The second kappa shape index (κ2) is 8.25. The van der Waals surface area contributed by atoms with Gasteiger partial charge < -0.3 is 14.5 Å². The molecule has 0 spiro atoms. The molecule has 0 aliphatic carbocycles. The van der Waals surface area contributed by atoms with E-state index in [1.807, 2.05) is 30.3 Å². The van der Waals surface area contributed by atoms with Crippen LogP contribution in [0.1, 0.15) is 21.7 Å². The van der Waals surface area contributed by atoms with Crippen molar-refractivity contribution in [1.29, 1.82) is 0 Å². The first kappa shape index (κ1) is 18.2. The number of halogens is 1. The lowest BCUT2D eigenvalue weighted by molar-refractivity contribution is 0.0340. The van der Waals surface area contributed by atoms with Gasteiger partial charge in [-0.3, -0.25) is 9.69 Å². The zero-order chi connectivity index (χ0) is 18.6. The van der Waals surface area contributed by atoms with Crippen LogP contribution in [0.15, 0.2) is 57.4 Å². The number of rotatable bonds is 5. The second-order valence-electron chi connectivity index (χ2n) is 6.63. The lowest BCUT2D eigenvalue weighted by atomic mass is 10.1. The first-order valence-electron chi connectivity index (χ1n) is 9.03. The maximum absolute atomic E-state index is 12.5. The molecule has 0 radical (unpaired) electrons. The number of furan rings is 1. The molecule has 1 aliphatic heterocycles. The highest BCUT2D eigenvalue weighted by Crippen LogP contribution is 2.23. The van der Waals surface area contributed by atoms with E-state index in [-0.39, 0.29) is 5.91 Å². The number of carbonyl (C=O) groups excluding carboxylic acids is 1. The molecule has 1 fully saturated rings. The monoisotopic (exact) mass is 428 g/mol. The van der Waals surface area contributed by atoms with Crippen LogP contribution in [0.5, 0.6) is 0 Å². The third-order valence-electron chi connectivity index (χ3n) is 4.76. The number of hydrogen-bond acceptors (Lipinski definition) is 4. The molecule has 0 atom stereocenters. The number of nitrogens with one attached hydrogen (secondary N) is 1. The average molecular weight is 429 g/mol. The Kier molecular flexibility index (Phi) is 5.57. The number of carbonyl (C=O) groups is 1. The molecule has 1 aliphatic rings. The summed E-state index contributed by atoms with van der Waals surface area (Å²) in [6.45, 7) is 4.78. The predicted octanol–water partition coefficient (Wildman–Crippen LogP) is 3.96. The summed E-state index contributed by atoms with van der Waals surface area (Å²) in [6, 6.07) is 15.7. The molecule has 6 heteroatoms. The molecule has 2 aromatic carbocycles. The molecule has 1 aromatic heterocycles. The molecule has 1 saturated heterocycles. The van der Waals surface area contributed by atoms with Gasteiger partial charge in [0.05, 0.1) is 13.2 Å². The summed E-state index contributed by atoms with van der Waals surface area (Å²) < 4.78 is 12.0. The Morgan fingerprint density at radius 1 is 1.07 bits per heavy atom. The normalized spacial score (nSPS) is 15.1. The van der Waals surface area contributed by atoms with Crippen LogP contribution >= 0.6 is 15.9 Å². The fourth-order valence-electron chi connectivity index (χ4n) is 3.27. The Balaban J connectivity index is 1.43. The molecular weight excluding hydrogens is 408 g/mol. The van der Waals surface area contributed by atoms with Crippen molar-refractivity contribution >= 4 is 32.8 Å². The minimum atomic E-state index is -0.205. The lowest BCUT2D eigenvalue weighted by Gasteiger charge is -2.27. The van der Waals surface area contributed by atoms with Gasteiger partial charge in [0.2, 0.25) is 0 Å². The van der Waals surface area contributed by atoms with E-state index in [4.69, 9.17) is 9.15 Å². The number of hydrogen-bond donors (Lipinski definition) is 1. The molecule has 4 rings (SSSR count). The van der Waals surface area contributed by atoms with Gasteiger partial charge in [0.25, 0.3) is 5.91 Å². The maximum Gasteiger partial charge on any atom is 0.287 e. The average Bonchev–Trinajstić information content (AvgIpc) is 3.11. The molecule has 0 bridgehead atoms. The summed E-state index contributed by atoms with van der Waals surface area (Å²) in [5.74, 6) is 0.122. The van der Waals surface area contributed by atoms with E-state index in [9.17, 15) is 4.79 Å². The van der Waals surface area contributed by atoms with Gasteiger partial charge >= 0.3 is 0 Å². The molecule has 3 aromatic rings. The number of ether oxygens (including phenoxy) is 1. The highest BCUT2D eigenvalue weighted by atomic mass is 79.9. The van der Waals surface area contributed by atoms with Gasteiger partial charge in [0.15, 0.2) is 5.76 Å². The summed E-state index contributed by atoms with van der Waals surface area (Å²) in [6.07, 6.45) is 0. The standard InChI is InChI=1S/C21H21BrN2O3/c22-18-5-6-19-17(11-18)12-20(27-19)21(25)23-13-15-3-1-2-4-16(15)14-24-7-9-26-10-8-24/h1-6,11-12H,7-10,13-14H2,(H,23,25). The number of benzene rings is 2. The quantitative estimate of drug-likeness (QED) is 0.667. The summed E-state index contributed by atoms with van der Waals surface area (Å²) in [7, 11) is 0. The van der Waals surface area contributed by atoms with Crippen molar-refractivity contribution in [3.63, 3.8) is 0 Å². The van der Waals surface area contributed by atoms with Crippen molar-refractivity contribution < 1.29 is 13.9 Å². The Morgan fingerprint density at radius 3 is 2.67 bits per heavy atom. The van der Waals surface area contributed by atoms with Crippen molar-refractivity contribution in [2.75, 3.05) is 26.3 Å². The van der Waals surface area contributed by atoms with Crippen LogP contribution in [0.25, 0.3) is 11.0 Å². The van der Waals surface area contributed by atoms with E-state index in [0.717, 1.165) is 48.3 Å². The predicted molar refractivity (Wildman–Crippen MR) is 108 cm³/mol. The summed E-state index contributed by atoms with van der Waals surface area (Å²) in [5.41, 5.74) is 3.06. The van der Waals surface area contributed by atoms with Gasteiger partial charge in [0, 0.05) is 36.0 Å². The molecular formula is C21H21BrN2O3. The molecule has 0 saturated carbocycles. The van der Waals surface area contributed by atoms with Gasteiger partial charge in [-0.1, -0.05) is 40.2 Å². The smallest absolute Gasteiger partial charge is 0.287 e. The first-order chi connectivity index (χ1) is 13.2. The molecule has 5 nitrogen and oxygen atoms in total. The molecule has 0 unspecified atom stereocenters. The van der Waals surface area contributed by atoms with Crippen molar-refractivity contribution in [2.45, 2.75) is 13.1 Å². The van der Waals surface area contributed by atoms with Crippen molar-refractivity contribution in [3.8, 4) is 0 Å². The van der Waals surface area contributed by atoms with Gasteiger partial charge in [0.1, 0.15) is 5.58 Å². The van der Waals surface area contributed by atoms with E-state index in [0.29, 0.717) is 17.9 Å². The van der Waals surface area contributed by atoms with Crippen molar-refractivity contribution in [2.24, 2.45) is 0 Å². The number of amides is 1. The van der Waals surface area contributed by atoms with Crippen LogP contribution in [0.4, 0.5) is 0 Å².